The topological polar surface area (TPSA) is 20.2 Å². The van der Waals surface area contributed by atoms with E-state index in [1.165, 1.54) is 16.9 Å². The molecule has 0 spiro atoms. The Morgan fingerprint density at radius 3 is 2.43 bits per heavy atom. The largest absolute Gasteiger partial charge is 0.396 e. The minimum atomic E-state index is 0.248. The molecule has 1 aromatic carbocycles. The van der Waals surface area contributed by atoms with Crippen LogP contribution in [0, 0.1) is 0 Å². The summed E-state index contributed by atoms with van der Waals surface area (Å²) in [5, 5.41) is 8.69. The fourth-order valence-corrected chi connectivity index (χ4v) is 1.95. The number of aliphatic hydroxyl groups excluding tert-OH is 1. The first-order valence-electron chi connectivity index (χ1n) is 5.11. The number of benzene rings is 1. The molecule has 14 heavy (non-hydrogen) atoms. The minimum absolute atomic E-state index is 0.248. The standard InChI is InChI=1S/C12H18OS/c1-3-10(2)11-4-6-12(7-5-11)14-9-8-13/h4-7,10,13H,3,8-9H2,1-2H3. The minimum Gasteiger partial charge on any atom is -0.396 e. The molecule has 1 aromatic rings. The van der Waals surface area contributed by atoms with Gasteiger partial charge in [-0.1, -0.05) is 26.0 Å². The summed E-state index contributed by atoms with van der Waals surface area (Å²) in [4.78, 5) is 1.24. The molecule has 0 aromatic heterocycles. The van der Waals surface area contributed by atoms with E-state index < -0.39 is 0 Å². The fourth-order valence-electron chi connectivity index (χ4n) is 1.29. The molecule has 1 atom stereocenters. The summed E-state index contributed by atoms with van der Waals surface area (Å²) in [5.41, 5.74) is 1.40. The van der Waals surface area contributed by atoms with E-state index in [0.717, 1.165) is 5.75 Å². The summed E-state index contributed by atoms with van der Waals surface area (Å²) in [6, 6.07) is 8.66. The van der Waals surface area contributed by atoms with E-state index in [9.17, 15) is 0 Å². The molecular formula is C12H18OS. The quantitative estimate of drug-likeness (QED) is 0.753. The van der Waals surface area contributed by atoms with Crippen molar-refractivity contribution < 1.29 is 5.11 Å². The zero-order valence-electron chi connectivity index (χ0n) is 8.86. The van der Waals surface area contributed by atoms with Crippen LogP contribution in [-0.4, -0.2) is 17.5 Å². The zero-order chi connectivity index (χ0) is 10.4. The normalized spacial score (nSPS) is 12.8. The Morgan fingerprint density at radius 1 is 1.29 bits per heavy atom. The van der Waals surface area contributed by atoms with Crippen LogP contribution >= 0.6 is 11.8 Å². The summed E-state index contributed by atoms with van der Waals surface area (Å²) in [7, 11) is 0. The first kappa shape index (κ1) is 11.6. The van der Waals surface area contributed by atoms with Crippen LogP contribution in [0.4, 0.5) is 0 Å². The lowest BCUT2D eigenvalue weighted by Crippen LogP contribution is -1.91. The number of hydrogen-bond donors (Lipinski definition) is 1. The summed E-state index contributed by atoms with van der Waals surface area (Å²) in [6.07, 6.45) is 1.18. The zero-order valence-corrected chi connectivity index (χ0v) is 9.68. The Bertz CT molecular complexity index is 256. The van der Waals surface area contributed by atoms with Gasteiger partial charge in [0, 0.05) is 10.6 Å². The van der Waals surface area contributed by atoms with Crippen molar-refractivity contribution in [3.63, 3.8) is 0 Å². The van der Waals surface area contributed by atoms with Gasteiger partial charge in [-0.15, -0.1) is 11.8 Å². The smallest absolute Gasteiger partial charge is 0.0525 e. The van der Waals surface area contributed by atoms with Gasteiger partial charge in [-0.3, -0.25) is 0 Å². The van der Waals surface area contributed by atoms with Gasteiger partial charge in [-0.2, -0.15) is 0 Å². The third-order valence-electron chi connectivity index (χ3n) is 2.42. The Hall–Kier alpha value is -0.470. The molecule has 0 bridgehead atoms. The lowest BCUT2D eigenvalue weighted by atomic mass is 9.99. The maximum atomic E-state index is 8.69. The van der Waals surface area contributed by atoms with Crippen molar-refractivity contribution in [1.82, 2.24) is 0 Å². The van der Waals surface area contributed by atoms with Crippen LogP contribution in [0.5, 0.6) is 0 Å². The number of thioether (sulfide) groups is 1. The van der Waals surface area contributed by atoms with Crippen molar-refractivity contribution in [2.75, 3.05) is 12.4 Å². The third kappa shape index (κ3) is 3.35. The van der Waals surface area contributed by atoms with Gasteiger partial charge in [0.1, 0.15) is 0 Å². The van der Waals surface area contributed by atoms with Crippen molar-refractivity contribution in [2.24, 2.45) is 0 Å². The fraction of sp³-hybridized carbons (Fsp3) is 0.500. The summed E-state index contributed by atoms with van der Waals surface area (Å²) in [5.74, 6) is 1.43. The Morgan fingerprint density at radius 2 is 1.93 bits per heavy atom. The van der Waals surface area contributed by atoms with Crippen LogP contribution in [0.2, 0.25) is 0 Å². The molecule has 0 aliphatic carbocycles. The highest BCUT2D eigenvalue weighted by Crippen LogP contribution is 2.23. The van der Waals surface area contributed by atoms with Gasteiger partial charge >= 0.3 is 0 Å². The Labute approximate surface area is 90.5 Å². The lowest BCUT2D eigenvalue weighted by molar-refractivity contribution is 0.322. The first-order valence-corrected chi connectivity index (χ1v) is 6.10. The van der Waals surface area contributed by atoms with Gasteiger partial charge in [0.2, 0.25) is 0 Å². The second kappa shape index (κ2) is 6.10. The highest BCUT2D eigenvalue weighted by Gasteiger charge is 2.02. The molecule has 0 fully saturated rings. The second-order valence-corrected chi connectivity index (χ2v) is 4.62. The van der Waals surface area contributed by atoms with E-state index >= 15 is 0 Å². The molecule has 0 heterocycles. The highest BCUT2D eigenvalue weighted by atomic mass is 32.2. The molecule has 0 saturated heterocycles. The van der Waals surface area contributed by atoms with Crippen molar-refractivity contribution in [3.05, 3.63) is 29.8 Å². The molecule has 0 aliphatic rings. The van der Waals surface area contributed by atoms with Crippen LogP contribution in [-0.2, 0) is 0 Å². The SMILES string of the molecule is CCC(C)c1ccc(SCCO)cc1. The molecule has 78 valence electrons. The maximum absolute atomic E-state index is 8.69. The summed E-state index contributed by atoms with van der Waals surface area (Å²) >= 11 is 1.70. The molecule has 0 radical (unpaired) electrons. The maximum Gasteiger partial charge on any atom is 0.0525 e. The predicted octanol–water partition coefficient (Wildman–Crippen LogP) is 3.28. The molecular weight excluding hydrogens is 192 g/mol. The van der Waals surface area contributed by atoms with E-state index in [-0.39, 0.29) is 6.61 Å². The van der Waals surface area contributed by atoms with E-state index in [2.05, 4.69) is 38.1 Å². The Kier molecular flexibility index (Phi) is 5.05. The average Bonchev–Trinajstić information content (AvgIpc) is 2.26. The van der Waals surface area contributed by atoms with Gasteiger partial charge in [0.25, 0.3) is 0 Å². The predicted molar refractivity (Wildman–Crippen MR) is 63.0 cm³/mol. The monoisotopic (exact) mass is 210 g/mol. The van der Waals surface area contributed by atoms with Crippen LogP contribution in [0.25, 0.3) is 0 Å². The highest BCUT2D eigenvalue weighted by molar-refractivity contribution is 7.99. The number of aliphatic hydroxyl groups is 1. The average molecular weight is 210 g/mol. The molecule has 2 heteroatoms. The van der Waals surface area contributed by atoms with Gasteiger partial charge in [-0.25, -0.2) is 0 Å². The van der Waals surface area contributed by atoms with Crippen LogP contribution < -0.4 is 0 Å². The van der Waals surface area contributed by atoms with E-state index in [4.69, 9.17) is 5.11 Å². The molecule has 1 rings (SSSR count). The van der Waals surface area contributed by atoms with Gasteiger partial charge < -0.3 is 5.11 Å². The molecule has 1 unspecified atom stereocenters. The van der Waals surface area contributed by atoms with Crippen molar-refractivity contribution >= 4 is 11.8 Å². The molecule has 1 N–H and O–H groups in total. The molecule has 0 saturated carbocycles. The lowest BCUT2D eigenvalue weighted by Gasteiger charge is -2.09. The first-order chi connectivity index (χ1) is 6.77. The summed E-state index contributed by atoms with van der Waals surface area (Å²) < 4.78 is 0. The van der Waals surface area contributed by atoms with Crippen molar-refractivity contribution in [1.29, 1.82) is 0 Å². The van der Waals surface area contributed by atoms with E-state index in [1.807, 2.05) is 0 Å². The van der Waals surface area contributed by atoms with Gasteiger partial charge in [0.05, 0.1) is 6.61 Å². The Balaban J connectivity index is 2.59. The second-order valence-electron chi connectivity index (χ2n) is 3.45. The molecule has 0 amide bonds. The summed E-state index contributed by atoms with van der Waals surface area (Å²) in [6.45, 7) is 4.70. The molecule has 0 aliphatic heterocycles. The van der Waals surface area contributed by atoms with Crippen LogP contribution in [0.15, 0.2) is 29.2 Å². The number of rotatable bonds is 5. The van der Waals surface area contributed by atoms with E-state index in [1.54, 1.807) is 11.8 Å². The van der Waals surface area contributed by atoms with Crippen LogP contribution in [0.3, 0.4) is 0 Å². The van der Waals surface area contributed by atoms with E-state index in [0.29, 0.717) is 5.92 Å². The third-order valence-corrected chi connectivity index (χ3v) is 3.41. The number of hydrogen-bond acceptors (Lipinski definition) is 2. The van der Waals surface area contributed by atoms with Gasteiger partial charge in [-0.05, 0) is 30.0 Å². The van der Waals surface area contributed by atoms with Crippen molar-refractivity contribution in [3.8, 4) is 0 Å². The van der Waals surface area contributed by atoms with Gasteiger partial charge in [0.15, 0.2) is 0 Å². The molecule has 1 nitrogen and oxygen atoms in total. The van der Waals surface area contributed by atoms with Crippen molar-refractivity contribution in [2.45, 2.75) is 31.1 Å². The van der Waals surface area contributed by atoms with Crippen LogP contribution in [0.1, 0.15) is 31.7 Å².